The monoisotopic (exact) mass is 317 g/mol. The SMILES string of the molecule is COc1cc(C)c(-c2cc(C#N)nn2-c2ccc(C)cc2)c(C)c1. The van der Waals surface area contributed by atoms with Crippen LogP contribution in [-0.4, -0.2) is 16.9 Å². The summed E-state index contributed by atoms with van der Waals surface area (Å²) in [6.07, 6.45) is 0. The molecule has 120 valence electrons. The fourth-order valence-electron chi connectivity index (χ4n) is 2.94. The van der Waals surface area contributed by atoms with Crippen molar-refractivity contribution in [3.8, 4) is 28.8 Å². The fraction of sp³-hybridized carbons (Fsp3) is 0.200. The first kappa shape index (κ1) is 15.8. The molecule has 4 heteroatoms. The van der Waals surface area contributed by atoms with Crippen LogP contribution in [0, 0.1) is 32.1 Å². The van der Waals surface area contributed by atoms with Gasteiger partial charge < -0.3 is 4.74 Å². The molecule has 4 nitrogen and oxygen atoms in total. The van der Waals surface area contributed by atoms with Gasteiger partial charge in [0.15, 0.2) is 5.69 Å². The third-order valence-corrected chi connectivity index (χ3v) is 4.10. The third kappa shape index (κ3) is 2.77. The van der Waals surface area contributed by atoms with Gasteiger partial charge in [-0.1, -0.05) is 17.7 Å². The van der Waals surface area contributed by atoms with E-state index in [1.165, 1.54) is 5.56 Å². The van der Waals surface area contributed by atoms with Crippen LogP contribution in [0.15, 0.2) is 42.5 Å². The van der Waals surface area contributed by atoms with Gasteiger partial charge in [-0.25, -0.2) is 4.68 Å². The molecular formula is C20H19N3O. The van der Waals surface area contributed by atoms with E-state index in [2.05, 4.69) is 11.2 Å². The first-order valence-corrected chi connectivity index (χ1v) is 7.76. The van der Waals surface area contributed by atoms with Gasteiger partial charge in [0.2, 0.25) is 0 Å². The van der Waals surface area contributed by atoms with E-state index < -0.39 is 0 Å². The van der Waals surface area contributed by atoms with E-state index in [1.807, 2.05) is 67.9 Å². The van der Waals surface area contributed by atoms with Crippen molar-refractivity contribution in [2.24, 2.45) is 0 Å². The van der Waals surface area contributed by atoms with E-state index in [9.17, 15) is 5.26 Å². The number of ether oxygens (including phenoxy) is 1. The van der Waals surface area contributed by atoms with Gasteiger partial charge in [-0.15, -0.1) is 0 Å². The summed E-state index contributed by atoms with van der Waals surface area (Å²) in [4.78, 5) is 0. The van der Waals surface area contributed by atoms with E-state index in [-0.39, 0.29) is 0 Å². The molecule has 0 spiro atoms. The van der Waals surface area contributed by atoms with Gasteiger partial charge in [0.05, 0.1) is 18.5 Å². The van der Waals surface area contributed by atoms with Crippen molar-refractivity contribution < 1.29 is 4.74 Å². The van der Waals surface area contributed by atoms with Crippen molar-refractivity contribution in [3.63, 3.8) is 0 Å². The summed E-state index contributed by atoms with van der Waals surface area (Å²) in [7, 11) is 1.66. The summed E-state index contributed by atoms with van der Waals surface area (Å²) in [5, 5.41) is 13.7. The molecule has 3 aromatic rings. The van der Waals surface area contributed by atoms with Crippen molar-refractivity contribution >= 4 is 0 Å². The minimum Gasteiger partial charge on any atom is -0.497 e. The van der Waals surface area contributed by atoms with Gasteiger partial charge in [0.25, 0.3) is 0 Å². The number of hydrogen-bond donors (Lipinski definition) is 0. The standard InChI is InChI=1S/C20H19N3O/c1-13-5-7-17(8-6-13)23-19(11-16(12-21)22-23)20-14(2)9-18(24-4)10-15(20)3/h5-11H,1-4H3. The quantitative estimate of drug-likeness (QED) is 0.722. The van der Waals surface area contributed by atoms with Gasteiger partial charge in [0.1, 0.15) is 11.8 Å². The Hall–Kier alpha value is -3.06. The van der Waals surface area contributed by atoms with Crippen LogP contribution in [0.2, 0.25) is 0 Å². The number of rotatable bonds is 3. The van der Waals surface area contributed by atoms with Gasteiger partial charge >= 0.3 is 0 Å². The Morgan fingerprint density at radius 1 is 1.00 bits per heavy atom. The number of nitrogens with zero attached hydrogens (tertiary/aromatic N) is 3. The minimum absolute atomic E-state index is 0.403. The summed E-state index contributed by atoms with van der Waals surface area (Å²) < 4.78 is 7.18. The molecule has 0 unspecified atom stereocenters. The van der Waals surface area contributed by atoms with E-state index in [0.29, 0.717) is 5.69 Å². The molecule has 0 fully saturated rings. The Morgan fingerprint density at radius 3 is 2.17 bits per heavy atom. The zero-order valence-corrected chi connectivity index (χ0v) is 14.3. The lowest BCUT2D eigenvalue weighted by Crippen LogP contribution is -2.02. The molecule has 0 radical (unpaired) electrons. The van der Waals surface area contributed by atoms with Gasteiger partial charge in [-0.05, 0) is 56.2 Å². The molecule has 24 heavy (non-hydrogen) atoms. The lowest BCUT2D eigenvalue weighted by Gasteiger charge is -2.14. The Bertz CT molecular complexity index is 908. The lowest BCUT2D eigenvalue weighted by molar-refractivity contribution is 0.414. The molecule has 0 saturated carbocycles. The van der Waals surface area contributed by atoms with Crippen LogP contribution in [0.4, 0.5) is 0 Å². The molecule has 0 N–H and O–H groups in total. The number of aryl methyl sites for hydroxylation is 3. The average molecular weight is 317 g/mol. The maximum Gasteiger partial charge on any atom is 0.163 e. The highest BCUT2D eigenvalue weighted by Gasteiger charge is 2.16. The molecule has 0 bridgehead atoms. The zero-order chi connectivity index (χ0) is 17.3. The highest BCUT2D eigenvalue weighted by molar-refractivity contribution is 5.71. The molecule has 0 atom stereocenters. The number of aromatic nitrogens is 2. The second-order valence-corrected chi connectivity index (χ2v) is 5.91. The second kappa shape index (κ2) is 6.21. The maximum absolute atomic E-state index is 9.29. The largest absolute Gasteiger partial charge is 0.497 e. The molecule has 0 aliphatic carbocycles. The summed E-state index contributed by atoms with van der Waals surface area (Å²) in [6, 6.07) is 16.1. The predicted octanol–water partition coefficient (Wildman–Crippen LogP) is 4.34. The van der Waals surface area contributed by atoms with Crippen LogP contribution in [0.5, 0.6) is 5.75 Å². The summed E-state index contributed by atoms with van der Waals surface area (Å²) >= 11 is 0. The van der Waals surface area contributed by atoms with Crippen molar-refractivity contribution in [1.82, 2.24) is 9.78 Å². The Labute approximate surface area is 141 Å². The molecule has 0 amide bonds. The van der Waals surface area contributed by atoms with Crippen LogP contribution >= 0.6 is 0 Å². The minimum atomic E-state index is 0.403. The van der Waals surface area contributed by atoms with E-state index in [4.69, 9.17) is 4.74 Å². The topological polar surface area (TPSA) is 50.8 Å². The number of nitriles is 1. The van der Waals surface area contributed by atoms with E-state index in [0.717, 1.165) is 33.8 Å². The van der Waals surface area contributed by atoms with Crippen molar-refractivity contribution in [2.75, 3.05) is 7.11 Å². The highest BCUT2D eigenvalue weighted by atomic mass is 16.5. The second-order valence-electron chi connectivity index (χ2n) is 5.91. The van der Waals surface area contributed by atoms with Crippen LogP contribution in [0.1, 0.15) is 22.4 Å². The predicted molar refractivity (Wildman–Crippen MR) is 94.5 cm³/mol. The Balaban J connectivity index is 2.24. The molecule has 1 heterocycles. The number of methoxy groups -OCH3 is 1. The van der Waals surface area contributed by atoms with Crippen LogP contribution < -0.4 is 4.74 Å². The van der Waals surface area contributed by atoms with Crippen molar-refractivity contribution in [3.05, 3.63) is 64.8 Å². The molecule has 0 aliphatic rings. The van der Waals surface area contributed by atoms with Crippen molar-refractivity contribution in [2.45, 2.75) is 20.8 Å². The van der Waals surface area contributed by atoms with E-state index in [1.54, 1.807) is 7.11 Å². The summed E-state index contributed by atoms with van der Waals surface area (Å²) in [6.45, 7) is 6.14. The molecule has 0 aliphatic heterocycles. The van der Waals surface area contributed by atoms with E-state index >= 15 is 0 Å². The maximum atomic E-state index is 9.29. The molecule has 1 aromatic heterocycles. The Kier molecular flexibility index (Phi) is 4.09. The average Bonchev–Trinajstić information content (AvgIpc) is 2.98. The Morgan fingerprint density at radius 2 is 1.62 bits per heavy atom. The molecule has 2 aromatic carbocycles. The third-order valence-electron chi connectivity index (χ3n) is 4.10. The normalized spacial score (nSPS) is 10.5. The summed E-state index contributed by atoms with van der Waals surface area (Å²) in [5.41, 5.74) is 6.68. The zero-order valence-electron chi connectivity index (χ0n) is 14.3. The molecular weight excluding hydrogens is 298 g/mol. The number of hydrogen-bond acceptors (Lipinski definition) is 3. The van der Waals surface area contributed by atoms with Gasteiger partial charge in [-0.2, -0.15) is 10.4 Å². The number of benzene rings is 2. The highest BCUT2D eigenvalue weighted by Crippen LogP contribution is 2.32. The van der Waals surface area contributed by atoms with Gasteiger partial charge in [0, 0.05) is 11.6 Å². The first-order valence-electron chi connectivity index (χ1n) is 7.76. The first-order chi connectivity index (χ1) is 11.5. The molecule has 3 rings (SSSR count). The fourth-order valence-corrected chi connectivity index (χ4v) is 2.94. The van der Waals surface area contributed by atoms with Gasteiger partial charge in [-0.3, -0.25) is 0 Å². The molecule has 0 saturated heterocycles. The summed E-state index contributed by atoms with van der Waals surface area (Å²) in [5.74, 6) is 0.829. The van der Waals surface area contributed by atoms with Crippen LogP contribution in [0.3, 0.4) is 0 Å². The van der Waals surface area contributed by atoms with Crippen LogP contribution in [-0.2, 0) is 0 Å². The van der Waals surface area contributed by atoms with Crippen LogP contribution in [0.25, 0.3) is 16.9 Å². The smallest absolute Gasteiger partial charge is 0.163 e. The van der Waals surface area contributed by atoms with Crippen molar-refractivity contribution in [1.29, 1.82) is 5.26 Å². The lowest BCUT2D eigenvalue weighted by atomic mass is 9.99.